The Labute approximate surface area is 186 Å². The highest BCUT2D eigenvalue weighted by molar-refractivity contribution is 5.75. The Balaban J connectivity index is 1.28. The van der Waals surface area contributed by atoms with Gasteiger partial charge in [0.15, 0.2) is 0 Å². The second kappa shape index (κ2) is 10.8. The molecule has 3 aliphatic rings. The van der Waals surface area contributed by atoms with Crippen LogP contribution in [0, 0.1) is 23.7 Å². The largest absolute Gasteiger partial charge is 0.0802 e. The van der Waals surface area contributed by atoms with E-state index in [1.165, 1.54) is 94.6 Å². The van der Waals surface area contributed by atoms with E-state index < -0.39 is 0 Å². The van der Waals surface area contributed by atoms with Crippen LogP contribution >= 0.6 is 0 Å². The molecule has 164 valence electrons. The average Bonchev–Trinajstić information content (AvgIpc) is 2.81. The van der Waals surface area contributed by atoms with Gasteiger partial charge in [-0.15, -0.1) is 0 Å². The summed E-state index contributed by atoms with van der Waals surface area (Å²) >= 11 is 0. The molecule has 1 aromatic carbocycles. The Bertz CT molecular complexity index is 690. The third kappa shape index (κ3) is 5.49. The lowest BCUT2D eigenvalue weighted by atomic mass is 9.72. The summed E-state index contributed by atoms with van der Waals surface area (Å²) in [4.78, 5) is 0. The van der Waals surface area contributed by atoms with Crippen LogP contribution in [0.1, 0.15) is 114 Å². The smallest absolute Gasteiger partial charge is 0.0162 e. The van der Waals surface area contributed by atoms with Crippen LogP contribution in [0.4, 0.5) is 0 Å². The molecule has 2 saturated carbocycles. The second-order valence-corrected chi connectivity index (χ2v) is 10.6. The first-order valence-electron chi connectivity index (χ1n) is 13.3. The van der Waals surface area contributed by atoms with Crippen molar-refractivity contribution in [3.05, 3.63) is 53.6 Å². The number of benzene rings is 1. The first-order valence-corrected chi connectivity index (χ1v) is 13.3. The van der Waals surface area contributed by atoms with Gasteiger partial charge in [-0.3, -0.25) is 0 Å². The molecule has 0 radical (unpaired) electrons. The zero-order valence-corrected chi connectivity index (χ0v) is 19.6. The molecule has 0 N–H and O–H groups in total. The monoisotopic (exact) mass is 404 g/mol. The van der Waals surface area contributed by atoms with Crippen LogP contribution in [-0.4, -0.2) is 0 Å². The van der Waals surface area contributed by atoms with Crippen LogP contribution in [0.25, 0.3) is 5.57 Å². The summed E-state index contributed by atoms with van der Waals surface area (Å²) in [6.07, 6.45) is 25.9. The first kappa shape index (κ1) is 21.9. The lowest BCUT2D eigenvalue weighted by molar-refractivity contribution is 0.221. The molecule has 4 rings (SSSR count). The maximum atomic E-state index is 2.54. The Morgan fingerprint density at radius 3 is 1.87 bits per heavy atom. The summed E-state index contributed by atoms with van der Waals surface area (Å²) < 4.78 is 0. The van der Waals surface area contributed by atoms with Gasteiger partial charge in [-0.2, -0.15) is 0 Å². The van der Waals surface area contributed by atoms with Crippen LogP contribution < -0.4 is 0 Å². The Morgan fingerprint density at radius 1 is 0.733 bits per heavy atom. The summed E-state index contributed by atoms with van der Waals surface area (Å²) in [5.74, 6) is 4.53. The van der Waals surface area contributed by atoms with Crippen LogP contribution in [0.2, 0.25) is 0 Å². The average molecular weight is 405 g/mol. The van der Waals surface area contributed by atoms with E-state index in [9.17, 15) is 0 Å². The van der Waals surface area contributed by atoms with Gasteiger partial charge in [0.1, 0.15) is 0 Å². The van der Waals surface area contributed by atoms with Crippen molar-refractivity contribution in [2.45, 2.75) is 103 Å². The predicted molar refractivity (Wildman–Crippen MR) is 132 cm³/mol. The molecule has 0 amide bonds. The Hall–Kier alpha value is -1.30. The Kier molecular flexibility index (Phi) is 7.91. The van der Waals surface area contributed by atoms with E-state index in [1.807, 2.05) is 0 Å². The fourth-order valence-electron chi connectivity index (χ4n) is 6.65. The molecule has 0 aliphatic heterocycles. The van der Waals surface area contributed by atoms with Crippen molar-refractivity contribution in [1.29, 1.82) is 0 Å². The van der Waals surface area contributed by atoms with Crippen molar-refractivity contribution in [2.75, 3.05) is 0 Å². The van der Waals surface area contributed by atoms with Gasteiger partial charge in [-0.1, -0.05) is 94.9 Å². The van der Waals surface area contributed by atoms with E-state index >= 15 is 0 Å². The first-order chi connectivity index (χ1) is 14.8. The summed E-state index contributed by atoms with van der Waals surface area (Å²) in [7, 11) is 0. The van der Waals surface area contributed by atoms with Gasteiger partial charge in [-0.05, 0) is 91.2 Å². The van der Waals surface area contributed by atoms with Gasteiger partial charge in [0.05, 0.1) is 0 Å². The van der Waals surface area contributed by atoms with Gasteiger partial charge < -0.3 is 0 Å². The van der Waals surface area contributed by atoms with Gasteiger partial charge in [-0.25, -0.2) is 0 Å². The molecule has 30 heavy (non-hydrogen) atoms. The van der Waals surface area contributed by atoms with Gasteiger partial charge in [0.25, 0.3) is 0 Å². The van der Waals surface area contributed by atoms with Crippen molar-refractivity contribution in [3.63, 3.8) is 0 Å². The molecule has 0 aromatic heterocycles. The highest BCUT2D eigenvalue weighted by atomic mass is 14.3. The number of rotatable bonds is 7. The minimum Gasteiger partial charge on any atom is -0.0802 e. The highest BCUT2D eigenvalue weighted by Gasteiger charge is 2.26. The molecule has 0 spiro atoms. The van der Waals surface area contributed by atoms with Crippen molar-refractivity contribution in [2.24, 2.45) is 23.7 Å². The topological polar surface area (TPSA) is 0 Å². The summed E-state index contributed by atoms with van der Waals surface area (Å²) in [5.41, 5.74) is 4.44. The molecule has 0 heterocycles. The maximum Gasteiger partial charge on any atom is -0.0162 e. The molecule has 3 aliphatic carbocycles. The molecule has 0 bridgehead atoms. The minimum atomic E-state index is 0.786. The number of hydrogen-bond donors (Lipinski definition) is 0. The quantitative estimate of drug-likeness (QED) is 0.424. The van der Waals surface area contributed by atoms with Crippen LogP contribution in [0.5, 0.6) is 0 Å². The van der Waals surface area contributed by atoms with E-state index in [2.05, 4.69) is 56.3 Å². The summed E-state index contributed by atoms with van der Waals surface area (Å²) in [5, 5.41) is 0. The summed E-state index contributed by atoms with van der Waals surface area (Å²) in [6, 6.07) is 9.63. The molecular formula is C30H44. The highest BCUT2D eigenvalue weighted by Crippen LogP contribution is 2.40. The minimum absolute atomic E-state index is 0.786. The second-order valence-electron chi connectivity index (χ2n) is 10.6. The number of hydrogen-bond acceptors (Lipinski definition) is 0. The predicted octanol–water partition coefficient (Wildman–Crippen LogP) is 9.33. The van der Waals surface area contributed by atoms with Gasteiger partial charge >= 0.3 is 0 Å². The third-order valence-electron chi connectivity index (χ3n) is 8.59. The molecule has 1 atom stereocenters. The standard InChI is InChI=1S/C30H44/c1-3-5-23-7-11-25(12-8-23)27-15-19-29(20-16-27)30-21-17-28(18-22-30)26-13-9-24(6-4-2)10-14-26/h15-17,19-26,28H,3-14,18H2,1-2H3. The van der Waals surface area contributed by atoms with Gasteiger partial charge in [0.2, 0.25) is 0 Å². The van der Waals surface area contributed by atoms with E-state index in [0.29, 0.717) is 0 Å². The zero-order valence-electron chi connectivity index (χ0n) is 19.6. The molecule has 0 nitrogen and oxygen atoms in total. The fourth-order valence-corrected chi connectivity index (χ4v) is 6.65. The lowest BCUT2D eigenvalue weighted by Crippen LogP contribution is -2.21. The van der Waals surface area contributed by atoms with Crippen LogP contribution in [-0.2, 0) is 0 Å². The SMILES string of the molecule is CCCC1CCC(c2ccc(C3=CCC(C4CCC(CCC)CC4)C=C3)cc2)CC1. The van der Waals surface area contributed by atoms with Crippen molar-refractivity contribution in [3.8, 4) is 0 Å². The van der Waals surface area contributed by atoms with Crippen molar-refractivity contribution in [1.82, 2.24) is 0 Å². The normalized spacial score (nSPS) is 32.1. The van der Waals surface area contributed by atoms with E-state index in [-0.39, 0.29) is 0 Å². The molecule has 0 saturated heterocycles. The van der Waals surface area contributed by atoms with E-state index in [0.717, 1.165) is 29.6 Å². The van der Waals surface area contributed by atoms with Crippen LogP contribution in [0.3, 0.4) is 0 Å². The van der Waals surface area contributed by atoms with E-state index in [4.69, 9.17) is 0 Å². The molecule has 2 fully saturated rings. The fraction of sp³-hybridized carbons (Fsp3) is 0.667. The van der Waals surface area contributed by atoms with Crippen molar-refractivity contribution < 1.29 is 0 Å². The third-order valence-corrected chi connectivity index (χ3v) is 8.59. The molecule has 0 heteroatoms. The Morgan fingerprint density at radius 2 is 1.33 bits per heavy atom. The molecule has 1 aromatic rings. The maximum absolute atomic E-state index is 2.54. The summed E-state index contributed by atoms with van der Waals surface area (Å²) in [6.45, 7) is 4.67. The number of allylic oxidation sites excluding steroid dienone is 4. The van der Waals surface area contributed by atoms with Crippen molar-refractivity contribution >= 4 is 5.57 Å². The zero-order chi connectivity index (χ0) is 20.8. The lowest BCUT2D eigenvalue weighted by Gasteiger charge is -2.33. The molecule has 1 unspecified atom stereocenters. The molecular weight excluding hydrogens is 360 g/mol. The van der Waals surface area contributed by atoms with Gasteiger partial charge in [0, 0.05) is 0 Å². The van der Waals surface area contributed by atoms with E-state index in [1.54, 1.807) is 5.56 Å². The van der Waals surface area contributed by atoms with Crippen LogP contribution in [0.15, 0.2) is 42.5 Å².